The molecular formula is C15H15ClF3IN4. The molecule has 130 valence electrons. The van der Waals surface area contributed by atoms with Crippen molar-refractivity contribution in [2.45, 2.75) is 32.5 Å². The lowest BCUT2D eigenvalue weighted by Gasteiger charge is -2.16. The molecule has 2 N–H and O–H groups in total. The molecule has 0 saturated carbocycles. The number of halogens is 5. The fraction of sp³-hybridized carbons (Fsp3) is 0.333. The highest BCUT2D eigenvalue weighted by atomic mass is 127. The molecule has 2 rings (SSSR count). The summed E-state index contributed by atoms with van der Waals surface area (Å²) in [7, 11) is 0. The molecule has 0 saturated heterocycles. The van der Waals surface area contributed by atoms with Gasteiger partial charge < -0.3 is 10.6 Å². The first-order valence-electron chi connectivity index (χ1n) is 7.14. The zero-order valence-electron chi connectivity index (χ0n) is 12.9. The average molecular weight is 471 g/mol. The van der Waals surface area contributed by atoms with Crippen molar-refractivity contribution in [3.63, 3.8) is 0 Å². The molecule has 2 aromatic rings. The van der Waals surface area contributed by atoms with Gasteiger partial charge in [-0.05, 0) is 54.1 Å². The van der Waals surface area contributed by atoms with Gasteiger partial charge >= 0.3 is 6.18 Å². The average Bonchev–Trinajstić information content (AvgIpc) is 2.49. The standard InChI is InChI=1S/C15H15ClF3IN4/c1-3-8(2)21-14-23-12(15(17,18)19)7-13(24-14)22-11-5-4-9(20)6-10(11)16/h4-8H,3H2,1-2H3,(H2,21,22,23,24)/t8-/m1/s1. The Labute approximate surface area is 156 Å². The maximum Gasteiger partial charge on any atom is 0.433 e. The third-order valence-electron chi connectivity index (χ3n) is 3.20. The van der Waals surface area contributed by atoms with E-state index in [4.69, 9.17) is 11.6 Å². The number of hydrogen-bond donors (Lipinski definition) is 2. The molecule has 0 bridgehead atoms. The van der Waals surface area contributed by atoms with Crippen LogP contribution >= 0.6 is 34.2 Å². The summed E-state index contributed by atoms with van der Waals surface area (Å²) < 4.78 is 40.1. The minimum absolute atomic E-state index is 0.0197. The Kier molecular flexibility index (Phi) is 6.13. The largest absolute Gasteiger partial charge is 0.433 e. The lowest BCUT2D eigenvalue weighted by Crippen LogP contribution is -2.18. The van der Waals surface area contributed by atoms with Crippen molar-refractivity contribution in [1.82, 2.24) is 9.97 Å². The fourth-order valence-corrected chi connectivity index (χ4v) is 2.68. The zero-order chi connectivity index (χ0) is 17.9. The first kappa shape index (κ1) is 19.0. The minimum atomic E-state index is -4.57. The van der Waals surface area contributed by atoms with Crippen molar-refractivity contribution >= 4 is 51.6 Å². The third kappa shape index (κ3) is 5.10. The van der Waals surface area contributed by atoms with Crippen molar-refractivity contribution in [3.8, 4) is 0 Å². The monoisotopic (exact) mass is 470 g/mol. The molecule has 9 heteroatoms. The highest BCUT2D eigenvalue weighted by molar-refractivity contribution is 14.1. The number of benzene rings is 1. The van der Waals surface area contributed by atoms with Crippen LogP contribution < -0.4 is 10.6 Å². The molecular weight excluding hydrogens is 456 g/mol. The first-order valence-corrected chi connectivity index (χ1v) is 8.59. The van der Waals surface area contributed by atoms with Crippen LogP contribution in [0.3, 0.4) is 0 Å². The van der Waals surface area contributed by atoms with Gasteiger partial charge in [0, 0.05) is 15.7 Å². The van der Waals surface area contributed by atoms with Crippen molar-refractivity contribution in [2.24, 2.45) is 0 Å². The number of aromatic nitrogens is 2. The second kappa shape index (κ2) is 7.73. The van der Waals surface area contributed by atoms with Gasteiger partial charge in [0.2, 0.25) is 5.95 Å². The SMILES string of the molecule is CC[C@@H](C)Nc1nc(Nc2ccc(I)cc2Cl)cc(C(F)(F)F)n1. The molecule has 1 aromatic heterocycles. The van der Waals surface area contributed by atoms with E-state index in [9.17, 15) is 13.2 Å². The molecule has 1 atom stereocenters. The van der Waals surface area contributed by atoms with Gasteiger partial charge in [-0.15, -0.1) is 0 Å². The van der Waals surface area contributed by atoms with E-state index >= 15 is 0 Å². The number of alkyl halides is 3. The van der Waals surface area contributed by atoms with Crippen LogP contribution in [0.4, 0.5) is 30.6 Å². The Morgan fingerprint density at radius 3 is 2.54 bits per heavy atom. The van der Waals surface area contributed by atoms with Gasteiger partial charge in [0.15, 0.2) is 5.69 Å². The Morgan fingerprint density at radius 2 is 1.96 bits per heavy atom. The third-order valence-corrected chi connectivity index (χ3v) is 4.18. The molecule has 0 spiro atoms. The molecule has 0 unspecified atom stereocenters. The predicted molar refractivity (Wildman–Crippen MR) is 97.9 cm³/mol. The van der Waals surface area contributed by atoms with E-state index in [-0.39, 0.29) is 17.8 Å². The van der Waals surface area contributed by atoms with Gasteiger partial charge in [-0.25, -0.2) is 4.98 Å². The van der Waals surface area contributed by atoms with Crippen LogP contribution in [0.15, 0.2) is 24.3 Å². The summed E-state index contributed by atoms with van der Waals surface area (Å²) in [6.07, 6.45) is -3.84. The molecule has 0 fully saturated rings. The molecule has 0 radical (unpaired) electrons. The zero-order valence-corrected chi connectivity index (χ0v) is 15.8. The summed E-state index contributed by atoms with van der Waals surface area (Å²) in [5.41, 5.74) is -0.550. The lowest BCUT2D eigenvalue weighted by molar-refractivity contribution is -0.141. The maximum absolute atomic E-state index is 13.1. The molecule has 1 aromatic carbocycles. The molecule has 0 aliphatic heterocycles. The van der Waals surface area contributed by atoms with Crippen LogP contribution in [0.5, 0.6) is 0 Å². The van der Waals surface area contributed by atoms with E-state index in [1.807, 2.05) is 13.8 Å². The molecule has 24 heavy (non-hydrogen) atoms. The summed E-state index contributed by atoms with van der Waals surface area (Å²) in [4.78, 5) is 7.65. The van der Waals surface area contributed by atoms with Crippen molar-refractivity contribution in [1.29, 1.82) is 0 Å². The van der Waals surface area contributed by atoms with Gasteiger partial charge in [-0.2, -0.15) is 18.2 Å². The van der Waals surface area contributed by atoms with Gasteiger partial charge in [-0.1, -0.05) is 18.5 Å². The van der Waals surface area contributed by atoms with E-state index < -0.39 is 11.9 Å². The van der Waals surface area contributed by atoms with Crippen LogP contribution in [0.25, 0.3) is 0 Å². The van der Waals surface area contributed by atoms with E-state index in [1.165, 1.54) is 0 Å². The molecule has 0 aliphatic rings. The molecule has 4 nitrogen and oxygen atoms in total. The lowest BCUT2D eigenvalue weighted by atomic mass is 10.3. The number of nitrogens with one attached hydrogen (secondary N) is 2. The van der Waals surface area contributed by atoms with Crippen LogP contribution in [0.1, 0.15) is 26.0 Å². The quantitative estimate of drug-likeness (QED) is 0.550. The van der Waals surface area contributed by atoms with Crippen LogP contribution in [0.2, 0.25) is 5.02 Å². The minimum Gasteiger partial charge on any atom is -0.352 e. The summed E-state index contributed by atoms with van der Waals surface area (Å²) in [5.74, 6) is -0.0606. The predicted octanol–water partition coefficient (Wildman–Crippen LogP) is 5.71. The highest BCUT2D eigenvalue weighted by Gasteiger charge is 2.34. The molecule has 0 amide bonds. The maximum atomic E-state index is 13.1. The van der Waals surface area contributed by atoms with Crippen LogP contribution in [-0.4, -0.2) is 16.0 Å². The smallest absolute Gasteiger partial charge is 0.352 e. The van der Waals surface area contributed by atoms with E-state index in [0.717, 1.165) is 16.1 Å². The van der Waals surface area contributed by atoms with Crippen molar-refractivity contribution in [2.75, 3.05) is 10.6 Å². The summed E-state index contributed by atoms with van der Waals surface area (Å²) >= 11 is 8.20. The Bertz CT molecular complexity index is 724. The number of anilines is 3. The number of nitrogens with zero attached hydrogens (tertiary/aromatic N) is 2. The van der Waals surface area contributed by atoms with Crippen molar-refractivity contribution in [3.05, 3.63) is 38.6 Å². The first-order chi connectivity index (χ1) is 11.2. The second-order valence-corrected chi connectivity index (χ2v) is 6.82. The number of rotatable bonds is 5. The van der Waals surface area contributed by atoms with Gasteiger partial charge in [0.05, 0.1) is 10.7 Å². The number of hydrogen-bond acceptors (Lipinski definition) is 4. The van der Waals surface area contributed by atoms with E-state index in [1.54, 1.807) is 18.2 Å². The van der Waals surface area contributed by atoms with Gasteiger partial charge in [0.25, 0.3) is 0 Å². The molecule has 0 aliphatic carbocycles. The second-order valence-electron chi connectivity index (χ2n) is 5.16. The van der Waals surface area contributed by atoms with Gasteiger partial charge in [-0.3, -0.25) is 0 Å². The highest BCUT2D eigenvalue weighted by Crippen LogP contribution is 2.32. The van der Waals surface area contributed by atoms with Gasteiger partial charge in [0.1, 0.15) is 5.82 Å². The summed E-state index contributed by atoms with van der Waals surface area (Å²) in [6, 6.07) is 5.98. The van der Waals surface area contributed by atoms with Crippen LogP contribution in [0, 0.1) is 3.57 Å². The summed E-state index contributed by atoms with van der Waals surface area (Å²) in [6.45, 7) is 3.75. The van der Waals surface area contributed by atoms with Crippen LogP contribution in [-0.2, 0) is 6.18 Å². The topological polar surface area (TPSA) is 49.8 Å². The summed E-state index contributed by atoms with van der Waals surface area (Å²) in [5, 5.41) is 6.07. The molecule has 1 heterocycles. The normalized spacial score (nSPS) is 12.8. The Morgan fingerprint density at radius 1 is 1.25 bits per heavy atom. The van der Waals surface area contributed by atoms with E-state index in [2.05, 4.69) is 43.2 Å². The Balaban J connectivity index is 2.38. The van der Waals surface area contributed by atoms with Crippen molar-refractivity contribution < 1.29 is 13.2 Å². The van der Waals surface area contributed by atoms with E-state index in [0.29, 0.717) is 10.7 Å². The fourth-order valence-electron chi connectivity index (χ4n) is 1.77. The Hall–Kier alpha value is -1.29.